The van der Waals surface area contributed by atoms with Gasteiger partial charge in [0, 0.05) is 12.7 Å². The predicted octanol–water partition coefficient (Wildman–Crippen LogP) is 4.52. The first-order chi connectivity index (χ1) is 14.2. The fourth-order valence-electron chi connectivity index (χ4n) is 2.78. The molecule has 0 aliphatic heterocycles. The topological polar surface area (TPSA) is 60.5 Å². The van der Waals surface area contributed by atoms with Crippen LogP contribution in [0.4, 0.5) is 13.2 Å². The average Bonchev–Trinajstić information content (AvgIpc) is 2.71. The number of amides is 1. The van der Waals surface area contributed by atoms with Crippen LogP contribution in [0.15, 0.2) is 42.6 Å². The summed E-state index contributed by atoms with van der Waals surface area (Å²) in [5.74, 6) is 0.827. The quantitative estimate of drug-likeness (QED) is 0.636. The van der Waals surface area contributed by atoms with E-state index >= 15 is 0 Å². The molecule has 5 nitrogen and oxygen atoms in total. The third-order valence-electron chi connectivity index (χ3n) is 4.26. The Balaban J connectivity index is 2.09. The van der Waals surface area contributed by atoms with E-state index in [1.807, 2.05) is 26.0 Å². The van der Waals surface area contributed by atoms with E-state index in [0.29, 0.717) is 24.5 Å². The van der Waals surface area contributed by atoms with Crippen LogP contribution in [-0.4, -0.2) is 31.7 Å². The molecule has 1 N–H and O–H groups in total. The summed E-state index contributed by atoms with van der Waals surface area (Å²) >= 11 is 0. The highest BCUT2D eigenvalue weighted by molar-refractivity contribution is 6.18. The van der Waals surface area contributed by atoms with Crippen LogP contribution in [-0.2, 0) is 17.4 Å². The molecule has 0 radical (unpaired) electrons. The molecular formula is C22H25F3N2O3. The Morgan fingerprint density at radius 2 is 1.83 bits per heavy atom. The van der Waals surface area contributed by atoms with Crippen molar-refractivity contribution < 1.29 is 27.4 Å². The molecule has 8 heteroatoms. The second-order valence-electron chi connectivity index (χ2n) is 6.95. The summed E-state index contributed by atoms with van der Waals surface area (Å²) in [6, 6.07) is 7.62. The largest absolute Gasteiger partial charge is 0.493 e. The number of carbonyl (C=O) groups excluding carboxylic acids is 1. The van der Waals surface area contributed by atoms with Gasteiger partial charge in [0.15, 0.2) is 11.5 Å². The first-order valence-corrected chi connectivity index (χ1v) is 9.40. The van der Waals surface area contributed by atoms with Gasteiger partial charge in [0.1, 0.15) is 0 Å². The van der Waals surface area contributed by atoms with E-state index < -0.39 is 17.6 Å². The number of methoxy groups -OCH3 is 2. The minimum Gasteiger partial charge on any atom is -0.493 e. The molecule has 0 unspecified atom stereocenters. The normalized spacial score (nSPS) is 12.1. The second-order valence-corrected chi connectivity index (χ2v) is 6.95. The van der Waals surface area contributed by atoms with Gasteiger partial charge < -0.3 is 14.8 Å². The van der Waals surface area contributed by atoms with E-state index in [0.717, 1.165) is 17.8 Å². The number of pyridine rings is 1. The van der Waals surface area contributed by atoms with Gasteiger partial charge in [-0.2, -0.15) is 13.2 Å². The minimum absolute atomic E-state index is 0.0145. The SMILES string of the molecule is COc1ccc(CCNC(=O)C(=CC(C)C)c2ccc(C(F)(F)F)cn2)cc1OC. The number of aromatic nitrogens is 1. The van der Waals surface area contributed by atoms with Crippen LogP contribution in [0.2, 0.25) is 0 Å². The molecule has 30 heavy (non-hydrogen) atoms. The van der Waals surface area contributed by atoms with E-state index in [1.165, 1.54) is 6.07 Å². The molecule has 0 aliphatic rings. The number of nitrogens with zero attached hydrogens (tertiary/aromatic N) is 1. The first kappa shape index (κ1) is 23.3. The molecule has 0 fully saturated rings. The molecule has 0 spiro atoms. The van der Waals surface area contributed by atoms with Gasteiger partial charge in [0.25, 0.3) is 5.91 Å². The molecular weight excluding hydrogens is 397 g/mol. The maximum Gasteiger partial charge on any atom is 0.417 e. The minimum atomic E-state index is -4.48. The van der Waals surface area contributed by atoms with E-state index in [4.69, 9.17) is 9.47 Å². The summed E-state index contributed by atoms with van der Waals surface area (Å²) in [6.07, 6.45) is -1.52. The highest BCUT2D eigenvalue weighted by Gasteiger charge is 2.31. The predicted molar refractivity (Wildman–Crippen MR) is 108 cm³/mol. The lowest BCUT2D eigenvalue weighted by atomic mass is 10.0. The van der Waals surface area contributed by atoms with Crippen molar-refractivity contribution in [2.75, 3.05) is 20.8 Å². The molecule has 0 saturated heterocycles. The Morgan fingerprint density at radius 1 is 1.13 bits per heavy atom. The summed E-state index contributed by atoms with van der Waals surface area (Å²) in [5.41, 5.74) is 0.519. The van der Waals surface area contributed by atoms with E-state index in [2.05, 4.69) is 10.3 Å². The Bertz CT molecular complexity index is 891. The number of nitrogens with one attached hydrogen (secondary N) is 1. The van der Waals surface area contributed by atoms with Crippen LogP contribution < -0.4 is 14.8 Å². The van der Waals surface area contributed by atoms with E-state index in [1.54, 1.807) is 26.4 Å². The van der Waals surface area contributed by atoms with Crippen molar-refractivity contribution in [2.45, 2.75) is 26.4 Å². The van der Waals surface area contributed by atoms with Crippen molar-refractivity contribution in [1.29, 1.82) is 0 Å². The van der Waals surface area contributed by atoms with Gasteiger partial charge in [0.2, 0.25) is 0 Å². The Morgan fingerprint density at radius 3 is 2.37 bits per heavy atom. The lowest BCUT2D eigenvalue weighted by Crippen LogP contribution is -2.27. The lowest BCUT2D eigenvalue weighted by Gasteiger charge is -2.12. The first-order valence-electron chi connectivity index (χ1n) is 9.40. The summed E-state index contributed by atoms with van der Waals surface area (Å²) in [6.45, 7) is 4.09. The van der Waals surface area contributed by atoms with Crippen molar-refractivity contribution in [3.8, 4) is 11.5 Å². The van der Waals surface area contributed by atoms with Crippen LogP contribution >= 0.6 is 0 Å². The number of carbonyl (C=O) groups is 1. The van der Waals surface area contributed by atoms with Crippen molar-refractivity contribution >= 4 is 11.5 Å². The summed E-state index contributed by atoms with van der Waals surface area (Å²) < 4.78 is 48.8. The maximum absolute atomic E-state index is 12.8. The summed E-state index contributed by atoms with van der Waals surface area (Å²) in [5, 5.41) is 2.80. The highest BCUT2D eigenvalue weighted by Crippen LogP contribution is 2.29. The molecule has 1 heterocycles. The number of alkyl halides is 3. The molecule has 162 valence electrons. The van der Waals surface area contributed by atoms with Crippen molar-refractivity contribution in [3.05, 3.63) is 59.4 Å². The molecule has 1 aromatic heterocycles. The van der Waals surface area contributed by atoms with Gasteiger partial charge in [-0.1, -0.05) is 26.0 Å². The van der Waals surface area contributed by atoms with E-state index in [9.17, 15) is 18.0 Å². The van der Waals surface area contributed by atoms with Gasteiger partial charge in [-0.25, -0.2) is 0 Å². The van der Waals surface area contributed by atoms with Crippen molar-refractivity contribution in [3.63, 3.8) is 0 Å². The zero-order valence-corrected chi connectivity index (χ0v) is 17.3. The van der Waals surface area contributed by atoms with Gasteiger partial charge in [-0.05, 0) is 42.2 Å². The highest BCUT2D eigenvalue weighted by atomic mass is 19.4. The molecule has 0 aliphatic carbocycles. The van der Waals surface area contributed by atoms with Crippen molar-refractivity contribution in [2.24, 2.45) is 5.92 Å². The number of allylic oxidation sites excluding steroid dienone is 1. The molecule has 0 atom stereocenters. The van der Waals surface area contributed by atoms with Crippen LogP contribution in [0, 0.1) is 5.92 Å². The Labute approximate surface area is 173 Å². The van der Waals surface area contributed by atoms with Crippen LogP contribution in [0.5, 0.6) is 11.5 Å². The van der Waals surface area contributed by atoms with Crippen LogP contribution in [0.3, 0.4) is 0 Å². The standard InChI is InChI=1S/C22H25F3N2O3/c1-14(2)11-17(18-7-6-16(13-27-18)22(23,24)25)21(28)26-10-9-15-5-8-19(29-3)20(12-15)30-4/h5-8,11-14H,9-10H2,1-4H3,(H,26,28). The van der Waals surface area contributed by atoms with Crippen LogP contribution in [0.25, 0.3) is 5.57 Å². The number of benzene rings is 1. The third kappa shape index (κ3) is 6.23. The van der Waals surface area contributed by atoms with Crippen molar-refractivity contribution in [1.82, 2.24) is 10.3 Å². The summed E-state index contributed by atoms with van der Waals surface area (Å²) in [7, 11) is 3.10. The van der Waals surface area contributed by atoms with Crippen LogP contribution in [0.1, 0.15) is 30.7 Å². The number of hydrogen-bond acceptors (Lipinski definition) is 4. The molecule has 2 rings (SSSR count). The maximum atomic E-state index is 12.8. The zero-order valence-electron chi connectivity index (χ0n) is 17.3. The van der Waals surface area contributed by atoms with Gasteiger partial charge >= 0.3 is 6.18 Å². The average molecular weight is 422 g/mol. The fourth-order valence-corrected chi connectivity index (χ4v) is 2.78. The monoisotopic (exact) mass is 422 g/mol. The zero-order chi connectivity index (χ0) is 22.3. The van der Waals surface area contributed by atoms with Gasteiger partial charge in [-0.15, -0.1) is 0 Å². The summed E-state index contributed by atoms with van der Waals surface area (Å²) in [4.78, 5) is 16.5. The number of ether oxygens (including phenoxy) is 2. The Kier molecular flexibility index (Phi) is 7.86. The smallest absolute Gasteiger partial charge is 0.417 e. The lowest BCUT2D eigenvalue weighted by molar-refractivity contribution is -0.137. The molecule has 0 saturated carbocycles. The fraction of sp³-hybridized carbons (Fsp3) is 0.364. The molecule has 1 amide bonds. The van der Waals surface area contributed by atoms with E-state index in [-0.39, 0.29) is 17.2 Å². The number of hydrogen-bond donors (Lipinski definition) is 1. The Hall–Kier alpha value is -3.03. The third-order valence-corrected chi connectivity index (χ3v) is 4.26. The van der Waals surface area contributed by atoms with Gasteiger partial charge in [-0.3, -0.25) is 9.78 Å². The molecule has 2 aromatic rings. The second kappa shape index (κ2) is 10.1. The van der Waals surface area contributed by atoms with Gasteiger partial charge in [0.05, 0.1) is 31.1 Å². The number of rotatable bonds is 8. The molecule has 1 aromatic carbocycles. The molecule has 0 bridgehead atoms. The number of halogens is 3.